The molecule has 0 radical (unpaired) electrons. The fourth-order valence-corrected chi connectivity index (χ4v) is 1.93. The van der Waals surface area contributed by atoms with E-state index in [1.165, 1.54) is 0 Å². The molecule has 1 amide bonds. The summed E-state index contributed by atoms with van der Waals surface area (Å²) in [6, 6.07) is 10.1. The maximum absolute atomic E-state index is 11.9. The number of phenolic OH excluding ortho intramolecular Hbond substituents is 1. The van der Waals surface area contributed by atoms with E-state index < -0.39 is 0 Å². The average molecular weight is 306 g/mol. The highest BCUT2D eigenvalue weighted by Crippen LogP contribution is 2.25. The molecular weight excluding hydrogens is 290 g/mol. The van der Waals surface area contributed by atoms with Crippen LogP contribution in [0.1, 0.15) is 11.1 Å². The van der Waals surface area contributed by atoms with Crippen molar-refractivity contribution >= 4 is 23.2 Å². The molecule has 2 aromatic rings. The van der Waals surface area contributed by atoms with Crippen LogP contribution < -0.4 is 10.1 Å². The van der Waals surface area contributed by atoms with Gasteiger partial charge in [0.2, 0.25) is 0 Å². The lowest BCUT2D eigenvalue weighted by Gasteiger charge is -2.11. The van der Waals surface area contributed by atoms with Crippen molar-refractivity contribution < 1.29 is 14.6 Å². The fourth-order valence-electron chi connectivity index (χ4n) is 1.80. The summed E-state index contributed by atoms with van der Waals surface area (Å²) >= 11 is 5.77. The smallest absolute Gasteiger partial charge is 0.262 e. The highest BCUT2D eigenvalue weighted by Gasteiger charge is 2.08. The van der Waals surface area contributed by atoms with Crippen molar-refractivity contribution in [3.63, 3.8) is 0 Å². The van der Waals surface area contributed by atoms with Gasteiger partial charge in [0.05, 0.1) is 0 Å². The summed E-state index contributed by atoms with van der Waals surface area (Å²) in [6.45, 7) is 3.49. The van der Waals surface area contributed by atoms with Crippen LogP contribution in [0.25, 0.3) is 0 Å². The summed E-state index contributed by atoms with van der Waals surface area (Å²) in [6.07, 6.45) is 0. The number of nitrogens with one attached hydrogen (secondary N) is 1. The van der Waals surface area contributed by atoms with Gasteiger partial charge in [-0.1, -0.05) is 11.6 Å². The predicted molar refractivity (Wildman–Crippen MR) is 83.2 cm³/mol. The fraction of sp³-hybridized carbons (Fsp3) is 0.188. The van der Waals surface area contributed by atoms with E-state index in [1.54, 1.807) is 43.3 Å². The first kappa shape index (κ1) is 15.2. The Balaban J connectivity index is 1.96. The highest BCUT2D eigenvalue weighted by atomic mass is 35.5. The molecule has 0 atom stereocenters. The lowest BCUT2D eigenvalue weighted by molar-refractivity contribution is -0.118. The zero-order valence-corrected chi connectivity index (χ0v) is 12.6. The number of ether oxygens (including phenoxy) is 1. The Bertz CT molecular complexity index is 653. The van der Waals surface area contributed by atoms with Gasteiger partial charge in [-0.05, 0) is 61.4 Å². The summed E-state index contributed by atoms with van der Waals surface area (Å²) in [5.41, 5.74) is 2.16. The largest absolute Gasteiger partial charge is 0.508 e. The third-order valence-corrected chi connectivity index (χ3v) is 3.25. The van der Waals surface area contributed by atoms with Crippen LogP contribution in [0, 0.1) is 13.8 Å². The Morgan fingerprint density at radius 3 is 2.52 bits per heavy atom. The van der Waals surface area contributed by atoms with Crippen LogP contribution in [-0.4, -0.2) is 17.6 Å². The van der Waals surface area contributed by atoms with Crippen molar-refractivity contribution in [2.75, 3.05) is 11.9 Å². The minimum Gasteiger partial charge on any atom is -0.508 e. The van der Waals surface area contributed by atoms with E-state index in [0.717, 1.165) is 5.56 Å². The molecule has 0 fully saturated rings. The van der Waals surface area contributed by atoms with Crippen molar-refractivity contribution in [1.82, 2.24) is 0 Å². The highest BCUT2D eigenvalue weighted by molar-refractivity contribution is 6.30. The molecular formula is C16H16ClNO3. The summed E-state index contributed by atoms with van der Waals surface area (Å²) in [7, 11) is 0. The standard InChI is InChI=1S/C16H16ClNO3/c1-10-8-15(19)11(2)7-14(10)18-16(20)9-21-13-5-3-12(17)4-6-13/h3-8,19H,9H2,1-2H3,(H,18,20). The quantitative estimate of drug-likeness (QED) is 0.847. The minimum absolute atomic E-state index is 0.0962. The number of halogens is 1. The molecule has 2 aromatic carbocycles. The summed E-state index contributed by atoms with van der Waals surface area (Å²) in [5.74, 6) is 0.522. The first-order valence-electron chi connectivity index (χ1n) is 6.44. The van der Waals surface area contributed by atoms with E-state index in [-0.39, 0.29) is 18.3 Å². The van der Waals surface area contributed by atoms with Crippen molar-refractivity contribution in [1.29, 1.82) is 0 Å². The minimum atomic E-state index is -0.266. The molecule has 0 saturated heterocycles. The number of aryl methyl sites for hydroxylation is 2. The number of benzene rings is 2. The third kappa shape index (κ3) is 4.13. The molecule has 2 N–H and O–H groups in total. The predicted octanol–water partition coefficient (Wildman–Crippen LogP) is 3.68. The molecule has 0 aromatic heterocycles. The first-order chi connectivity index (χ1) is 9.95. The van der Waals surface area contributed by atoms with Gasteiger partial charge < -0.3 is 15.2 Å². The Morgan fingerprint density at radius 1 is 1.19 bits per heavy atom. The molecule has 110 valence electrons. The van der Waals surface area contributed by atoms with Gasteiger partial charge in [0, 0.05) is 10.7 Å². The van der Waals surface area contributed by atoms with Crippen LogP contribution in [-0.2, 0) is 4.79 Å². The SMILES string of the molecule is Cc1cc(NC(=O)COc2ccc(Cl)cc2)c(C)cc1O. The van der Waals surface area contributed by atoms with Crippen LogP contribution in [0.15, 0.2) is 36.4 Å². The number of carbonyl (C=O) groups excluding carboxylic acids is 1. The molecule has 0 bridgehead atoms. The molecule has 0 aliphatic carbocycles. The van der Waals surface area contributed by atoms with Gasteiger partial charge in [-0.15, -0.1) is 0 Å². The van der Waals surface area contributed by atoms with E-state index in [2.05, 4.69) is 5.32 Å². The second-order valence-electron chi connectivity index (χ2n) is 4.74. The second-order valence-corrected chi connectivity index (χ2v) is 5.18. The van der Waals surface area contributed by atoms with Crippen molar-refractivity contribution in [2.45, 2.75) is 13.8 Å². The number of aromatic hydroxyl groups is 1. The number of amides is 1. The number of phenols is 1. The molecule has 21 heavy (non-hydrogen) atoms. The number of rotatable bonds is 4. The Labute approximate surface area is 128 Å². The average Bonchev–Trinajstić information content (AvgIpc) is 2.44. The summed E-state index contributed by atoms with van der Waals surface area (Å²) < 4.78 is 5.37. The molecule has 0 spiro atoms. The Kier molecular flexibility index (Phi) is 4.70. The van der Waals surface area contributed by atoms with Crippen LogP contribution in [0.3, 0.4) is 0 Å². The van der Waals surface area contributed by atoms with Gasteiger partial charge in [-0.3, -0.25) is 4.79 Å². The van der Waals surface area contributed by atoms with Gasteiger partial charge in [0.15, 0.2) is 6.61 Å². The van der Waals surface area contributed by atoms with Crippen molar-refractivity contribution in [3.8, 4) is 11.5 Å². The lowest BCUT2D eigenvalue weighted by atomic mass is 10.1. The molecule has 0 saturated carbocycles. The van der Waals surface area contributed by atoms with Crippen LogP contribution in [0.2, 0.25) is 5.02 Å². The van der Waals surface area contributed by atoms with Crippen LogP contribution >= 0.6 is 11.6 Å². The maximum atomic E-state index is 11.9. The lowest BCUT2D eigenvalue weighted by Crippen LogP contribution is -2.20. The molecule has 5 heteroatoms. The normalized spacial score (nSPS) is 10.2. The second kappa shape index (κ2) is 6.50. The van der Waals surface area contributed by atoms with Crippen molar-refractivity contribution in [2.24, 2.45) is 0 Å². The zero-order valence-electron chi connectivity index (χ0n) is 11.8. The van der Waals surface area contributed by atoms with E-state index in [0.29, 0.717) is 22.0 Å². The zero-order chi connectivity index (χ0) is 15.4. The Hall–Kier alpha value is -2.20. The number of hydrogen-bond acceptors (Lipinski definition) is 3. The molecule has 0 aliphatic heterocycles. The Morgan fingerprint density at radius 2 is 1.86 bits per heavy atom. The number of hydrogen-bond donors (Lipinski definition) is 2. The molecule has 0 aliphatic rings. The van der Waals surface area contributed by atoms with Gasteiger partial charge in [-0.25, -0.2) is 0 Å². The summed E-state index contributed by atoms with van der Waals surface area (Å²) in [4.78, 5) is 11.9. The van der Waals surface area contributed by atoms with Gasteiger partial charge in [0.1, 0.15) is 11.5 Å². The van der Waals surface area contributed by atoms with E-state index in [4.69, 9.17) is 16.3 Å². The van der Waals surface area contributed by atoms with Crippen LogP contribution in [0.4, 0.5) is 5.69 Å². The van der Waals surface area contributed by atoms with Gasteiger partial charge >= 0.3 is 0 Å². The summed E-state index contributed by atoms with van der Waals surface area (Å²) in [5, 5.41) is 13.0. The van der Waals surface area contributed by atoms with E-state index >= 15 is 0 Å². The molecule has 0 heterocycles. The van der Waals surface area contributed by atoms with Gasteiger partial charge in [0.25, 0.3) is 5.91 Å². The number of carbonyl (C=O) groups is 1. The molecule has 4 nitrogen and oxygen atoms in total. The molecule has 2 rings (SSSR count). The van der Waals surface area contributed by atoms with Gasteiger partial charge in [-0.2, -0.15) is 0 Å². The number of anilines is 1. The molecule has 0 unspecified atom stereocenters. The van der Waals surface area contributed by atoms with E-state index in [1.807, 2.05) is 6.92 Å². The maximum Gasteiger partial charge on any atom is 0.262 e. The topological polar surface area (TPSA) is 58.6 Å². The van der Waals surface area contributed by atoms with E-state index in [9.17, 15) is 9.90 Å². The van der Waals surface area contributed by atoms with Crippen molar-refractivity contribution in [3.05, 3.63) is 52.5 Å². The first-order valence-corrected chi connectivity index (χ1v) is 6.82. The monoisotopic (exact) mass is 305 g/mol. The third-order valence-electron chi connectivity index (χ3n) is 3.00. The van der Waals surface area contributed by atoms with Crippen LogP contribution in [0.5, 0.6) is 11.5 Å².